The van der Waals surface area contributed by atoms with Crippen LogP contribution in [-0.2, 0) is 6.54 Å². The van der Waals surface area contributed by atoms with Crippen molar-refractivity contribution in [3.05, 3.63) is 59.3 Å². The van der Waals surface area contributed by atoms with Crippen LogP contribution in [0.5, 0.6) is 5.75 Å². The van der Waals surface area contributed by atoms with E-state index in [-0.39, 0.29) is 0 Å². The maximum atomic E-state index is 5.81. The topological polar surface area (TPSA) is 27.1 Å². The minimum Gasteiger partial charge on any atom is -0.490 e. The summed E-state index contributed by atoms with van der Waals surface area (Å²) in [5.74, 6) is 0.867. The average Bonchev–Trinajstić information content (AvgIpc) is 2.95. The number of nitrogens with zero attached hydrogens (tertiary/aromatic N) is 2. The highest BCUT2D eigenvalue weighted by Crippen LogP contribution is 2.32. The molecule has 0 N–H and O–H groups in total. The molecule has 0 spiro atoms. The average molecular weight is 317 g/mol. The number of ether oxygens (including phenoxy) is 1. The number of benzene rings is 2. The zero-order valence-corrected chi connectivity index (χ0v) is 11.9. The standard InChI is InChI=1S/C15H13BrN2O/c16-15-13-5-2-1-4-12(13)6-7-14(15)19-11-10-18-9-3-8-17-18/h1-9H,10-11H2. The third kappa shape index (κ3) is 2.63. The molecule has 0 aliphatic carbocycles. The molecule has 4 heteroatoms. The third-order valence-electron chi connectivity index (χ3n) is 2.96. The van der Waals surface area contributed by atoms with E-state index in [1.807, 2.05) is 35.1 Å². The smallest absolute Gasteiger partial charge is 0.134 e. The number of fused-ring (bicyclic) bond motifs is 1. The van der Waals surface area contributed by atoms with E-state index in [0.29, 0.717) is 6.61 Å². The SMILES string of the molecule is Brc1c(OCCn2cccn2)ccc2ccccc12. The summed E-state index contributed by atoms with van der Waals surface area (Å²) in [6, 6.07) is 14.2. The first-order chi connectivity index (χ1) is 9.34. The fourth-order valence-electron chi connectivity index (χ4n) is 2.01. The molecule has 96 valence electrons. The van der Waals surface area contributed by atoms with Gasteiger partial charge in [-0.05, 0) is 38.8 Å². The summed E-state index contributed by atoms with van der Waals surface area (Å²) >= 11 is 3.61. The van der Waals surface area contributed by atoms with Gasteiger partial charge in [0, 0.05) is 12.4 Å². The minimum absolute atomic E-state index is 0.596. The summed E-state index contributed by atoms with van der Waals surface area (Å²) in [6.45, 7) is 1.34. The highest BCUT2D eigenvalue weighted by atomic mass is 79.9. The predicted octanol–water partition coefficient (Wildman–Crippen LogP) is 3.88. The lowest BCUT2D eigenvalue weighted by molar-refractivity contribution is 0.290. The summed E-state index contributed by atoms with van der Waals surface area (Å²) in [5.41, 5.74) is 0. The van der Waals surface area contributed by atoms with Gasteiger partial charge in [0.2, 0.25) is 0 Å². The largest absolute Gasteiger partial charge is 0.490 e. The van der Waals surface area contributed by atoms with E-state index in [1.165, 1.54) is 10.8 Å². The Morgan fingerprint density at radius 1 is 1.11 bits per heavy atom. The molecule has 0 radical (unpaired) electrons. The van der Waals surface area contributed by atoms with E-state index in [2.05, 4.69) is 39.2 Å². The second-order valence-electron chi connectivity index (χ2n) is 4.22. The Kier molecular flexibility index (Phi) is 3.51. The zero-order chi connectivity index (χ0) is 13.1. The molecule has 0 fully saturated rings. The molecule has 0 saturated heterocycles. The first-order valence-corrected chi connectivity index (χ1v) is 6.91. The van der Waals surface area contributed by atoms with Gasteiger partial charge in [0.05, 0.1) is 11.0 Å². The maximum Gasteiger partial charge on any atom is 0.134 e. The van der Waals surface area contributed by atoms with Gasteiger partial charge in [-0.3, -0.25) is 4.68 Å². The molecule has 3 aromatic rings. The number of hydrogen-bond acceptors (Lipinski definition) is 2. The Balaban J connectivity index is 1.76. The van der Waals surface area contributed by atoms with Crippen LogP contribution in [0, 0.1) is 0 Å². The first-order valence-electron chi connectivity index (χ1n) is 6.12. The normalized spacial score (nSPS) is 10.8. The van der Waals surface area contributed by atoms with E-state index in [0.717, 1.165) is 16.8 Å². The van der Waals surface area contributed by atoms with Crippen molar-refractivity contribution in [3.63, 3.8) is 0 Å². The number of aromatic nitrogens is 2. The number of halogens is 1. The molecule has 2 aromatic carbocycles. The van der Waals surface area contributed by atoms with Crippen LogP contribution in [0.3, 0.4) is 0 Å². The van der Waals surface area contributed by atoms with Gasteiger partial charge in [-0.25, -0.2) is 0 Å². The summed E-state index contributed by atoms with van der Waals surface area (Å²) in [4.78, 5) is 0. The summed E-state index contributed by atoms with van der Waals surface area (Å²) in [5, 5.41) is 6.51. The molecule has 1 aromatic heterocycles. The van der Waals surface area contributed by atoms with Gasteiger partial charge < -0.3 is 4.74 Å². The molecule has 0 amide bonds. The zero-order valence-electron chi connectivity index (χ0n) is 10.3. The summed E-state index contributed by atoms with van der Waals surface area (Å²) in [6.07, 6.45) is 3.70. The highest BCUT2D eigenvalue weighted by molar-refractivity contribution is 9.10. The third-order valence-corrected chi connectivity index (χ3v) is 3.78. The van der Waals surface area contributed by atoms with Crippen molar-refractivity contribution in [1.82, 2.24) is 9.78 Å². The predicted molar refractivity (Wildman–Crippen MR) is 79.4 cm³/mol. The van der Waals surface area contributed by atoms with Crippen LogP contribution >= 0.6 is 15.9 Å². The first kappa shape index (κ1) is 12.2. The van der Waals surface area contributed by atoms with E-state index >= 15 is 0 Å². The van der Waals surface area contributed by atoms with Gasteiger partial charge in [-0.15, -0.1) is 0 Å². The van der Waals surface area contributed by atoms with Gasteiger partial charge in [0.15, 0.2) is 0 Å². The Labute approximate surface area is 119 Å². The maximum absolute atomic E-state index is 5.81. The molecule has 0 aliphatic heterocycles. The van der Waals surface area contributed by atoms with Crippen LogP contribution in [-0.4, -0.2) is 16.4 Å². The van der Waals surface area contributed by atoms with Crippen molar-refractivity contribution in [2.24, 2.45) is 0 Å². The molecule has 3 rings (SSSR count). The van der Waals surface area contributed by atoms with E-state index in [4.69, 9.17) is 4.74 Å². The molecule has 0 aliphatic rings. The monoisotopic (exact) mass is 316 g/mol. The molecule has 0 unspecified atom stereocenters. The highest BCUT2D eigenvalue weighted by Gasteiger charge is 2.05. The Morgan fingerprint density at radius 2 is 2.00 bits per heavy atom. The van der Waals surface area contributed by atoms with Crippen LogP contribution in [0.1, 0.15) is 0 Å². The molecular formula is C15H13BrN2O. The van der Waals surface area contributed by atoms with Crippen molar-refractivity contribution < 1.29 is 4.74 Å². The van der Waals surface area contributed by atoms with Crippen LogP contribution < -0.4 is 4.74 Å². The van der Waals surface area contributed by atoms with Crippen molar-refractivity contribution in [1.29, 1.82) is 0 Å². The van der Waals surface area contributed by atoms with E-state index in [1.54, 1.807) is 6.20 Å². The molecule has 0 atom stereocenters. The lowest BCUT2D eigenvalue weighted by Crippen LogP contribution is -2.08. The molecule has 0 saturated carbocycles. The van der Waals surface area contributed by atoms with Gasteiger partial charge in [0.1, 0.15) is 12.4 Å². The fraction of sp³-hybridized carbons (Fsp3) is 0.133. The van der Waals surface area contributed by atoms with Crippen LogP contribution in [0.25, 0.3) is 10.8 Å². The van der Waals surface area contributed by atoms with Crippen molar-refractivity contribution >= 4 is 26.7 Å². The van der Waals surface area contributed by atoms with Crippen LogP contribution in [0.15, 0.2) is 59.3 Å². The molecule has 19 heavy (non-hydrogen) atoms. The van der Waals surface area contributed by atoms with E-state index in [9.17, 15) is 0 Å². The van der Waals surface area contributed by atoms with Gasteiger partial charge in [0.25, 0.3) is 0 Å². The lowest BCUT2D eigenvalue weighted by Gasteiger charge is -2.10. The van der Waals surface area contributed by atoms with Gasteiger partial charge >= 0.3 is 0 Å². The molecule has 1 heterocycles. The van der Waals surface area contributed by atoms with Gasteiger partial charge in [-0.1, -0.05) is 30.3 Å². The molecule has 0 bridgehead atoms. The van der Waals surface area contributed by atoms with E-state index < -0.39 is 0 Å². The number of hydrogen-bond donors (Lipinski definition) is 0. The molecule has 3 nitrogen and oxygen atoms in total. The van der Waals surface area contributed by atoms with Crippen LogP contribution in [0.2, 0.25) is 0 Å². The Morgan fingerprint density at radius 3 is 2.84 bits per heavy atom. The van der Waals surface area contributed by atoms with Crippen molar-refractivity contribution in [3.8, 4) is 5.75 Å². The van der Waals surface area contributed by atoms with Gasteiger partial charge in [-0.2, -0.15) is 5.10 Å². The fourth-order valence-corrected chi connectivity index (χ4v) is 2.61. The van der Waals surface area contributed by atoms with Crippen LogP contribution in [0.4, 0.5) is 0 Å². The van der Waals surface area contributed by atoms with Crippen molar-refractivity contribution in [2.45, 2.75) is 6.54 Å². The summed E-state index contributed by atoms with van der Waals surface area (Å²) < 4.78 is 8.67. The van der Waals surface area contributed by atoms with Crippen molar-refractivity contribution in [2.75, 3.05) is 6.61 Å². The second kappa shape index (κ2) is 5.45. The second-order valence-corrected chi connectivity index (χ2v) is 5.01. The summed E-state index contributed by atoms with van der Waals surface area (Å²) in [7, 11) is 0. The lowest BCUT2D eigenvalue weighted by atomic mass is 10.1. The quantitative estimate of drug-likeness (QED) is 0.730. The minimum atomic E-state index is 0.596. The Bertz CT molecular complexity index is 680. The Hall–Kier alpha value is -1.81. The molecular weight excluding hydrogens is 304 g/mol. The number of rotatable bonds is 4.